The van der Waals surface area contributed by atoms with Gasteiger partial charge in [-0.3, -0.25) is 0 Å². The maximum Gasteiger partial charge on any atom is 0.162 e. The molecular weight excluding hydrogens is 228 g/mol. The molecule has 0 bridgehead atoms. The number of hydrogen-bond donors (Lipinski definition) is 1. The molecule has 0 radical (unpaired) electrons. The van der Waals surface area contributed by atoms with Gasteiger partial charge >= 0.3 is 0 Å². The van der Waals surface area contributed by atoms with Gasteiger partial charge in [0.1, 0.15) is 0 Å². The lowest BCUT2D eigenvalue weighted by Gasteiger charge is -2.29. The summed E-state index contributed by atoms with van der Waals surface area (Å²) in [5.41, 5.74) is 7.93. The average Bonchev–Trinajstić information content (AvgIpc) is 2.37. The number of benzene rings is 1. The van der Waals surface area contributed by atoms with Crippen LogP contribution in [0.5, 0.6) is 11.5 Å². The van der Waals surface area contributed by atoms with E-state index in [2.05, 4.69) is 25.8 Å². The molecule has 0 heterocycles. The number of rotatable bonds is 6. The van der Waals surface area contributed by atoms with E-state index in [1.54, 1.807) is 14.2 Å². The van der Waals surface area contributed by atoms with E-state index in [4.69, 9.17) is 15.2 Å². The fourth-order valence-electron chi connectivity index (χ4n) is 2.02. The highest BCUT2D eigenvalue weighted by atomic mass is 16.5. The Labute approximate surface area is 110 Å². The lowest BCUT2D eigenvalue weighted by Crippen LogP contribution is -2.31. The predicted molar refractivity (Wildman–Crippen MR) is 75.8 cm³/mol. The van der Waals surface area contributed by atoms with Gasteiger partial charge in [-0.25, -0.2) is 0 Å². The second kappa shape index (κ2) is 6.50. The van der Waals surface area contributed by atoms with E-state index in [1.807, 2.05) is 12.1 Å². The van der Waals surface area contributed by atoms with Gasteiger partial charge in [-0.1, -0.05) is 0 Å². The highest BCUT2D eigenvalue weighted by Gasteiger charge is 2.15. The summed E-state index contributed by atoms with van der Waals surface area (Å²) in [5, 5.41) is 0. The van der Waals surface area contributed by atoms with Crippen molar-refractivity contribution in [3.63, 3.8) is 0 Å². The number of nitrogens with two attached hydrogens (primary N) is 1. The molecule has 0 saturated carbocycles. The fraction of sp³-hybridized carbons (Fsp3) is 0.571. The van der Waals surface area contributed by atoms with Crippen molar-refractivity contribution in [1.82, 2.24) is 0 Å². The molecule has 18 heavy (non-hydrogen) atoms. The van der Waals surface area contributed by atoms with Crippen molar-refractivity contribution in [1.29, 1.82) is 0 Å². The van der Waals surface area contributed by atoms with Gasteiger partial charge in [0.15, 0.2) is 11.5 Å². The van der Waals surface area contributed by atoms with Crippen LogP contribution in [0.1, 0.15) is 18.9 Å². The van der Waals surface area contributed by atoms with Crippen molar-refractivity contribution in [2.45, 2.75) is 26.3 Å². The van der Waals surface area contributed by atoms with Crippen LogP contribution in [0.25, 0.3) is 0 Å². The first-order chi connectivity index (χ1) is 8.54. The van der Waals surface area contributed by atoms with Gasteiger partial charge in [0.2, 0.25) is 0 Å². The molecule has 0 aliphatic carbocycles. The molecule has 4 nitrogen and oxygen atoms in total. The maximum atomic E-state index is 5.61. The van der Waals surface area contributed by atoms with Crippen molar-refractivity contribution < 1.29 is 9.47 Å². The normalized spacial score (nSPS) is 12.1. The van der Waals surface area contributed by atoms with E-state index in [9.17, 15) is 0 Å². The van der Waals surface area contributed by atoms with E-state index in [1.165, 1.54) is 5.56 Å². The van der Waals surface area contributed by atoms with E-state index in [-0.39, 0.29) is 0 Å². The Kier molecular flexibility index (Phi) is 5.28. The molecule has 1 atom stereocenters. The third-order valence-corrected chi connectivity index (χ3v) is 3.33. The van der Waals surface area contributed by atoms with E-state index in [0.717, 1.165) is 23.6 Å². The molecule has 0 spiro atoms. The van der Waals surface area contributed by atoms with Crippen LogP contribution >= 0.6 is 0 Å². The minimum absolute atomic E-state index is 0.395. The van der Waals surface area contributed by atoms with E-state index >= 15 is 0 Å². The minimum atomic E-state index is 0.395. The summed E-state index contributed by atoms with van der Waals surface area (Å²) in [6, 6.07) is 4.41. The van der Waals surface area contributed by atoms with Crippen molar-refractivity contribution in [2.24, 2.45) is 5.73 Å². The smallest absolute Gasteiger partial charge is 0.162 e. The Balaban J connectivity index is 3.08. The Morgan fingerprint density at radius 1 is 1.22 bits per heavy atom. The number of anilines is 1. The molecule has 1 unspecified atom stereocenters. The molecule has 1 aromatic carbocycles. The monoisotopic (exact) mass is 252 g/mol. The van der Waals surface area contributed by atoms with Gasteiger partial charge in [-0.05, 0) is 38.4 Å². The number of nitrogens with zero attached hydrogens (tertiary/aromatic N) is 1. The molecule has 2 N–H and O–H groups in total. The van der Waals surface area contributed by atoms with Crippen LogP contribution in [0, 0.1) is 6.92 Å². The van der Waals surface area contributed by atoms with Crippen LogP contribution in [0.4, 0.5) is 5.69 Å². The Morgan fingerprint density at radius 2 is 1.78 bits per heavy atom. The second-order valence-corrected chi connectivity index (χ2v) is 4.53. The molecule has 0 amide bonds. The lowest BCUT2D eigenvalue weighted by atomic mass is 10.1. The molecule has 0 aliphatic rings. The largest absolute Gasteiger partial charge is 0.493 e. The zero-order valence-corrected chi connectivity index (χ0v) is 12.0. The van der Waals surface area contributed by atoms with Gasteiger partial charge in [0, 0.05) is 24.8 Å². The highest BCUT2D eigenvalue weighted by Crippen LogP contribution is 2.35. The number of methoxy groups -OCH3 is 2. The van der Waals surface area contributed by atoms with Gasteiger partial charge < -0.3 is 20.1 Å². The average molecular weight is 252 g/mol. The van der Waals surface area contributed by atoms with Crippen LogP contribution < -0.4 is 20.1 Å². The molecule has 0 saturated heterocycles. The van der Waals surface area contributed by atoms with Crippen molar-refractivity contribution in [3.8, 4) is 11.5 Å². The molecule has 0 fully saturated rings. The molecule has 0 aliphatic heterocycles. The Hall–Kier alpha value is -1.42. The molecule has 4 heteroatoms. The fourth-order valence-corrected chi connectivity index (χ4v) is 2.02. The van der Waals surface area contributed by atoms with Gasteiger partial charge in [0.25, 0.3) is 0 Å². The Morgan fingerprint density at radius 3 is 2.28 bits per heavy atom. The maximum absolute atomic E-state index is 5.61. The van der Waals surface area contributed by atoms with Crippen LogP contribution in [0.2, 0.25) is 0 Å². The molecule has 102 valence electrons. The summed E-state index contributed by atoms with van der Waals surface area (Å²) < 4.78 is 10.6. The third kappa shape index (κ3) is 3.07. The molecular formula is C14H24N2O2. The summed E-state index contributed by atoms with van der Waals surface area (Å²) in [4.78, 5) is 2.23. The Bertz CT molecular complexity index is 394. The molecule has 1 aromatic rings. The summed E-state index contributed by atoms with van der Waals surface area (Å²) >= 11 is 0. The highest BCUT2D eigenvalue weighted by molar-refractivity contribution is 5.61. The van der Waals surface area contributed by atoms with Crippen molar-refractivity contribution >= 4 is 5.69 Å². The zero-order chi connectivity index (χ0) is 13.7. The standard InChI is InChI=1S/C14H24N2O2/c1-10-8-13(17-4)14(18-5)9-12(10)16(3)11(2)6-7-15/h8-9,11H,6-7,15H2,1-5H3. The van der Waals surface area contributed by atoms with Crippen LogP contribution in [0.15, 0.2) is 12.1 Å². The summed E-state index contributed by atoms with van der Waals surface area (Å²) in [7, 11) is 5.38. The van der Waals surface area contributed by atoms with Crippen molar-refractivity contribution in [3.05, 3.63) is 17.7 Å². The van der Waals surface area contributed by atoms with Crippen LogP contribution in [-0.4, -0.2) is 33.9 Å². The van der Waals surface area contributed by atoms with Gasteiger partial charge in [-0.2, -0.15) is 0 Å². The quantitative estimate of drug-likeness (QED) is 0.843. The SMILES string of the molecule is COc1cc(C)c(N(C)C(C)CCN)cc1OC. The third-order valence-electron chi connectivity index (χ3n) is 3.33. The summed E-state index contributed by atoms with van der Waals surface area (Å²) in [6.45, 7) is 4.93. The van der Waals surface area contributed by atoms with Gasteiger partial charge in [-0.15, -0.1) is 0 Å². The minimum Gasteiger partial charge on any atom is -0.493 e. The van der Waals surface area contributed by atoms with E-state index < -0.39 is 0 Å². The van der Waals surface area contributed by atoms with Gasteiger partial charge in [0.05, 0.1) is 14.2 Å². The molecule has 1 rings (SSSR count). The number of aryl methyl sites for hydroxylation is 1. The zero-order valence-electron chi connectivity index (χ0n) is 12.0. The first-order valence-electron chi connectivity index (χ1n) is 6.20. The topological polar surface area (TPSA) is 47.7 Å². The summed E-state index contributed by atoms with van der Waals surface area (Å²) in [6.07, 6.45) is 0.963. The first kappa shape index (κ1) is 14.6. The molecule has 0 aromatic heterocycles. The lowest BCUT2D eigenvalue weighted by molar-refractivity contribution is 0.354. The van der Waals surface area contributed by atoms with Crippen LogP contribution in [-0.2, 0) is 0 Å². The number of ether oxygens (including phenoxy) is 2. The summed E-state index contributed by atoms with van der Waals surface area (Å²) in [5.74, 6) is 1.52. The number of hydrogen-bond acceptors (Lipinski definition) is 4. The first-order valence-corrected chi connectivity index (χ1v) is 6.20. The second-order valence-electron chi connectivity index (χ2n) is 4.53. The predicted octanol–water partition coefficient (Wildman–Crippen LogP) is 2.19. The van der Waals surface area contributed by atoms with E-state index in [0.29, 0.717) is 12.6 Å². The van der Waals surface area contributed by atoms with Crippen molar-refractivity contribution in [2.75, 3.05) is 32.7 Å². The van der Waals surface area contributed by atoms with Crippen LogP contribution in [0.3, 0.4) is 0 Å².